The van der Waals surface area contributed by atoms with Gasteiger partial charge in [0.1, 0.15) is 5.75 Å². The predicted molar refractivity (Wildman–Crippen MR) is 74.7 cm³/mol. The summed E-state index contributed by atoms with van der Waals surface area (Å²) < 4.78 is 41.4. The standard InChI is InChI=1S/C15H18F3NO3/c1-9-11(19-14(21)10-4-2-6-12(10)20)5-3-7-13(9)22-8-15(16,17)18/h3,5,7,10,12,20H,2,4,6,8H2,1H3,(H,19,21). The summed E-state index contributed by atoms with van der Waals surface area (Å²) in [5.41, 5.74) is 0.816. The highest BCUT2D eigenvalue weighted by Crippen LogP contribution is 2.30. The number of halogens is 3. The Bertz CT molecular complexity index is 545. The van der Waals surface area contributed by atoms with Crippen molar-refractivity contribution >= 4 is 11.6 Å². The topological polar surface area (TPSA) is 58.6 Å². The molecular weight excluding hydrogens is 299 g/mol. The molecule has 0 radical (unpaired) electrons. The van der Waals surface area contributed by atoms with Gasteiger partial charge in [-0.25, -0.2) is 0 Å². The van der Waals surface area contributed by atoms with Crippen molar-refractivity contribution in [3.63, 3.8) is 0 Å². The Morgan fingerprint density at radius 1 is 1.41 bits per heavy atom. The van der Waals surface area contributed by atoms with Crippen molar-refractivity contribution in [3.05, 3.63) is 23.8 Å². The number of carbonyl (C=O) groups is 1. The van der Waals surface area contributed by atoms with Gasteiger partial charge in [-0.05, 0) is 38.3 Å². The molecule has 2 rings (SSSR count). The minimum Gasteiger partial charge on any atom is -0.484 e. The van der Waals surface area contributed by atoms with E-state index in [0.29, 0.717) is 24.1 Å². The van der Waals surface area contributed by atoms with E-state index in [1.807, 2.05) is 0 Å². The second kappa shape index (κ2) is 6.56. The number of anilines is 1. The van der Waals surface area contributed by atoms with Crippen LogP contribution in [0.25, 0.3) is 0 Å². The number of hydrogen-bond donors (Lipinski definition) is 2. The molecule has 0 heterocycles. The molecular formula is C15H18F3NO3. The molecule has 122 valence electrons. The molecule has 2 unspecified atom stereocenters. The van der Waals surface area contributed by atoms with Gasteiger partial charge >= 0.3 is 6.18 Å². The molecule has 4 nitrogen and oxygen atoms in total. The van der Waals surface area contributed by atoms with Gasteiger partial charge in [0, 0.05) is 11.3 Å². The van der Waals surface area contributed by atoms with Crippen molar-refractivity contribution in [2.75, 3.05) is 11.9 Å². The van der Waals surface area contributed by atoms with Gasteiger partial charge in [-0.15, -0.1) is 0 Å². The lowest BCUT2D eigenvalue weighted by Crippen LogP contribution is -2.29. The van der Waals surface area contributed by atoms with Crippen LogP contribution in [0, 0.1) is 12.8 Å². The summed E-state index contributed by atoms with van der Waals surface area (Å²) >= 11 is 0. The molecule has 1 aromatic carbocycles. The number of carbonyl (C=O) groups excluding carboxylic acids is 1. The van der Waals surface area contributed by atoms with E-state index in [1.54, 1.807) is 13.0 Å². The Balaban J connectivity index is 2.06. The van der Waals surface area contributed by atoms with Gasteiger partial charge in [-0.3, -0.25) is 4.79 Å². The zero-order valence-corrected chi connectivity index (χ0v) is 12.1. The van der Waals surface area contributed by atoms with E-state index in [-0.39, 0.29) is 11.7 Å². The summed E-state index contributed by atoms with van der Waals surface area (Å²) in [6, 6.07) is 4.52. The largest absolute Gasteiger partial charge is 0.484 e. The molecule has 1 aliphatic rings. The molecule has 1 saturated carbocycles. The van der Waals surface area contributed by atoms with Crippen molar-refractivity contribution < 1.29 is 27.8 Å². The number of nitrogens with one attached hydrogen (secondary N) is 1. The van der Waals surface area contributed by atoms with Gasteiger partial charge in [0.2, 0.25) is 5.91 Å². The predicted octanol–water partition coefficient (Wildman–Crippen LogP) is 3.04. The summed E-state index contributed by atoms with van der Waals surface area (Å²) in [4.78, 5) is 12.1. The van der Waals surface area contributed by atoms with Crippen LogP contribution in [-0.2, 0) is 4.79 Å². The highest BCUT2D eigenvalue weighted by molar-refractivity contribution is 5.94. The maximum Gasteiger partial charge on any atom is 0.422 e. The number of aliphatic hydroxyl groups excluding tert-OH is 1. The van der Waals surface area contributed by atoms with E-state index < -0.39 is 24.8 Å². The molecule has 7 heteroatoms. The van der Waals surface area contributed by atoms with Crippen LogP contribution in [0.5, 0.6) is 5.75 Å². The second-order valence-corrected chi connectivity index (χ2v) is 5.43. The minimum atomic E-state index is -4.42. The average Bonchev–Trinajstić information content (AvgIpc) is 2.85. The highest BCUT2D eigenvalue weighted by Gasteiger charge is 2.32. The molecule has 0 aromatic heterocycles. The lowest BCUT2D eigenvalue weighted by atomic mass is 10.0. The van der Waals surface area contributed by atoms with E-state index in [4.69, 9.17) is 4.74 Å². The van der Waals surface area contributed by atoms with Crippen LogP contribution in [0.3, 0.4) is 0 Å². The second-order valence-electron chi connectivity index (χ2n) is 5.43. The quantitative estimate of drug-likeness (QED) is 0.897. The van der Waals surface area contributed by atoms with Crippen molar-refractivity contribution in [3.8, 4) is 5.75 Å². The van der Waals surface area contributed by atoms with Gasteiger partial charge < -0.3 is 15.2 Å². The number of hydrogen-bond acceptors (Lipinski definition) is 3. The molecule has 0 aliphatic heterocycles. The molecule has 0 saturated heterocycles. The fourth-order valence-electron chi connectivity index (χ4n) is 2.54. The van der Waals surface area contributed by atoms with Gasteiger partial charge in [-0.1, -0.05) is 6.07 Å². The van der Waals surface area contributed by atoms with Crippen LogP contribution in [0.4, 0.5) is 18.9 Å². The van der Waals surface area contributed by atoms with Gasteiger partial charge in [0.15, 0.2) is 6.61 Å². The third kappa shape index (κ3) is 4.13. The zero-order chi connectivity index (χ0) is 16.3. The number of ether oxygens (including phenoxy) is 1. The fraction of sp³-hybridized carbons (Fsp3) is 0.533. The molecule has 0 bridgehead atoms. The third-order valence-corrected chi connectivity index (χ3v) is 3.75. The first-order valence-electron chi connectivity index (χ1n) is 7.06. The van der Waals surface area contributed by atoms with Gasteiger partial charge in [0.05, 0.1) is 12.0 Å². The summed E-state index contributed by atoms with van der Waals surface area (Å²) in [6.45, 7) is 0.193. The minimum absolute atomic E-state index is 0.0714. The smallest absolute Gasteiger partial charge is 0.422 e. The number of rotatable bonds is 4. The molecule has 1 aliphatic carbocycles. The molecule has 2 atom stereocenters. The van der Waals surface area contributed by atoms with Gasteiger partial charge in [0.25, 0.3) is 0 Å². The number of benzene rings is 1. The van der Waals surface area contributed by atoms with E-state index in [1.165, 1.54) is 12.1 Å². The Kier molecular flexibility index (Phi) is 4.95. The van der Waals surface area contributed by atoms with Crippen LogP contribution in [-0.4, -0.2) is 29.9 Å². The fourth-order valence-corrected chi connectivity index (χ4v) is 2.54. The SMILES string of the molecule is Cc1c(NC(=O)C2CCCC2O)cccc1OCC(F)(F)F. The monoisotopic (exact) mass is 317 g/mol. The number of alkyl halides is 3. The van der Waals surface area contributed by atoms with Crippen LogP contribution in [0.1, 0.15) is 24.8 Å². The molecule has 1 amide bonds. The molecule has 1 aromatic rings. The van der Waals surface area contributed by atoms with Gasteiger partial charge in [-0.2, -0.15) is 13.2 Å². The van der Waals surface area contributed by atoms with Crippen molar-refractivity contribution in [2.24, 2.45) is 5.92 Å². The maximum atomic E-state index is 12.2. The van der Waals surface area contributed by atoms with E-state index in [0.717, 1.165) is 6.42 Å². The summed E-state index contributed by atoms with van der Waals surface area (Å²) in [5.74, 6) is -0.720. The Morgan fingerprint density at radius 3 is 2.73 bits per heavy atom. The van der Waals surface area contributed by atoms with Crippen molar-refractivity contribution in [1.29, 1.82) is 0 Å². The van der Waals surface area contributed by atoms with E-state index in [9.17, 15) is 23.1 Å². The van der Waals surface area contributed by atoms with Crippen molar-refractivity contribution in [2.45, 2.75) is 38.5 Å². The first-order valence-corrected chi connectivity index (χ1v) is 7.06. The summed E-state index contributed by atoms with van der Waals surface area (Å²) in [5, 5.41) is 12.4. The molecule has 2 N–H and O–H groups in total. The number of amides is 1. The summed E-state index contributed by atoms with van der Waals surface area (Å²) in [6.07, 6.45) is -3.10. The third-order valence-electron chi connectivity index (χ3n) is 3.75. The van der Waals surface area contributed by atoms with Crippen molar-refractivity contribution in [1.82, 2.24) is 0 Å². The van der Waals surface area contributed by atoms with Crippen LogP contribution < -0.4 is 10.1 Å². The first-order chi connectivity index (χ1) is 10.3. The Hall–Kier alpha value is -1.76. The van der Waals surface area contributed by atoms with Crippen LogP contribution >= 0.6 is 0 Å². The highest BCUT2D eigenvalue weighted by atomic mass is 19.4. The molecule has 1 fully saturated rings. The lowest BCUT2D eigenvalue weighted by molar-refractivity contribution is -0.153. The molecule has 22 heavy (non-hydrogen) atoms. The van der Waals surface area contributed by atoms with Crippen LogP contribution in [0.2, 0.25) is 0 Å². The van der Waals surface area contributed by atoms with E-state index >= 15 is 0 Å². The summed E-state index contributed by atoms with van der Waals surface area (Å²) in [7, 11) is 0. The lowest BCUT2D eigenvalue weighted by Gasteiger charge is -2.17. The van der Waals surface area contributed by atoms with E-state index in [2.05, 4.69) is 5.32 Å². The average molecular weight is 317 g/mol. The normalized spacial score (nSPS) is 21.7. The zero-order valence-electron chi connectivity index (χ0n) is 12.1. The Morgan fingerprint density at radius 2 is 2.14 bits per heavy atom. The Labute approximate surface area is 126 Å². The maximum absolute atomic E-state index is 12.2. The molecule has 0 spiro atoms. The number of aliphatic hydroxyl groups is 1. The van der Waals surface area contributed by atoms with Crippen LogP contribution in [0.15, 0.2) is 18.2 Å². The first kappa shape index (κ1) is 16.6.